The first-order valence-corrected chi connectivity index (χ1v) is 5.43. The summed E-state index contributed by atoms with van der Waals surface area (Å²) >= 11 is 0. The molecule has 1 aliphatic heterocycles. The average Bonchev–Trinajstić information content (AvgIpc) is 2.21. The first kappa shape index (κ1) is 11.5. The summed E-state index contributed by atoms with van der Waals surface area (Å²) in [6.45, 7) is 0.979. The first-order valence-electron chi connectivity index (χ1n) is 5.43. The average molecular weight is 225 g/mol. The lowest BCUT2D eigenvalue weighted by atomic mass is 9.86. The molecule has 3 N–H and O–H groups in total. The van der Waals surface area contributed by atoms with Crippen LogP contribution in [-0.4, -0.2) is 35.0 Å². The van der Waals surface area contributed by atoms with Gasteiger partial charge in [0.2, 0.25) is 0 Å². The van der Waals surface area contributed by atoms with Crippen molar-refractivity contribution in [3.8, 4) is 0 Å². The van der Waals surface area contributed by atoms with Crippen molar-refractivity contribution < 1.29 is 14.6 Å². The van der Waals surface area contributed by atoms with Gasteiger partial charge in [0, 0.05) is 25.9 Å². The van der Waals surface area contributed by atoms with Crippen LogP contribution >= 0.6 is 0 Å². The van der Waals surface area contributed by atoms with E-state index in [0.29, 0.717) is 25.9 Å². The zero-order valence-corrected chi connectivity index (χ0v) is 8.99. The molecule has 0 spiro atoms. The molecule has 0 aromatic heterocycles. The number of β-amino-alcohol motifs (C(OH)–C–C–N with tert-alkyl or cyclic N) is 2. The lowest BCUT2D eigenvalue weighted by Gasteiger charge is -2.35. The van der Waals surface area contributed by atoms with Gasteiger partial charge < -0.3 is 15.5 Å². The summed E-state index contributed by atoms with van der Waals surface area (Å²) in [4.78, 5) is 0. The van der Waals surface area contributed by atoms with Gasteiger partial charge >= 0.3 is 0 Å². The van der Waals surface area contributed by atoms with E-state index >= 15 is 0 Å². The monoisotopic (exact) mass is 225 g/mol. The molecule has 3 nitrogen and oxygen atoms in total. The van der Waals surface area contributed by atoms with Crippen molar-refractivity contribution in [1.29, 1.82) is 0 Å². The van der Waals surface area contributed by atoms with Crippen LogP contribution in [0.2, 0.25) is 0 Å². The minimum Gasteiger partial charge on any atom is -0.392 e. The maximum absolute atomic E-state index is 12.7. The smallest absolute Gasteiger partial charge is 0.123 e. The first-order chi connectivity index (χ1) is 7.57. The van der Waals surface area contributed by atoms with Crippen LogP contribution in [0.3, 0.4) is 0 Å². The lowest BCUT2D eigenvalue weighted by molar-refractivity contribution is -0.0321. The third-order valence-electron chi connectivity index (χ3n) is 2.90. The zero-order valence-electron chi connectivity index (χ0n) is 8.99. The maximum atomic E-state index is 12.7. The molecular formula is C12H16FNO2. The van der Waals surface area contributed by atoms with E-state index in [-0.39, 0.29) is 5.82 Å². The lowest BCUT2D eigenvalue weighted by Crippen LogP contribution is -2.52. The Hall–Kier alpha value is -0.970. The number of piperidine rings is 1. The second-order valence-corrected chi connectivity index (χ2v) is 4.52. The molecule has 2 unspecified atom stereocenters. The molecule has 0 bridgehead atoms. The summed E-state index contributed by atoms with van der Waals surface area (Å²) in [6, 6.07) is 6.08. The van der Waals surface area contributed by atoms with Gasteiger partial charge in [-0.15, -0.1) is 0 Å². The van der Waals surface area contributed by atoms with Crippen molar-refractivity contribution >= 4 is 0 Å². The van der Waals surface area contributed by atoms with E-state index in [2.05, 4.69) is 5.32 Å². The number of hydrogen-bond acceptors (Lipinski definition) is 3. The number of aliphatic hydroxyl groups is 2. The Labute approximate surface area is 93.9 Å². The molecule has 0 amide bonds. The normalized spacial score (nSPS) is 30.3. The third kappa shape index (κ3) is 2.78. The summed E-state index contributed by atoms with van der Waals surface area (Å²) in [7, 11) is 0. The number of aliphatic hydroxyl groups excluding tert-OH is 1. The Morgan fingerprint density at radius 2 is 2.06 bits per heavy atom. The second-order valence-electron chi connectivity index (χ2n) is 4.52. The van der Waals surface area contributed by atoms with Crippen molar-refractivity contribution in [3.63, 3.8) is 0 Å². The van der Waals surface area contributed by atoms with Gasteiger partial charge in [0.15, 0.2) is 0 Å². The Bertz CT molecular complexity index is 355. The van der Waals surface area contributed by atoms with Gasteiger partial charge in [-0.25, -0.2) is 4.39 Å². The molecule has 0 aliphatic carbocycles. The highest BCUT2D eigenvalue weighted by Crippen LogP contribution is 2.21. The predicted molar refractivity (Wildman–Crippen MR) is 58.5 cm³/mol. The number of halogens is 1. The van der Waals surface area contributed by atoms with E-state index in [0.717, 1.165) is 5.56 Å². The number of nitrogens with one attached hydrogen (secondary N) is 1. The SMILES string of the molecule is OC1CNCC(O)(Cc2ccc(F)cc2)C1. The van der Waals surface area contributed by atoms with Crippen LogP contribution in [0.5, 0.6) is 0 Å². The molecule has 1 aliphatic rings. The number of hydrogen-bond donors (Lipinski definition) is 3. The molecule has 2 rings (SSSR count). The van der Waals surface area contributed by atoms with E-state index in [1.54, 1.807) is 12.1 Å². The van der Waals surface area contributed by atoms with Gasteiger partial charge in [0.05, 0.1) is 11.7 Å². The molecule has 4 heteroatoms. The minimum absolute atomic E-state index is 0.280. The molecule has 1 aromatic carbocycles. The van der Waals surface area contributed by atoms with Crippen LogP contribution in [0.1, 0.15) is 12.0 Å². The highest BCUT2D eigenvalue weighted by atomic mass is 19.1. The van der Waals surface area contributed by atoms with Crippen molar-refractivity contribution in [2.24, 2.45) is 0 Å². The Morgan fingerprint density at radius 3 is 2.69 bits per heavy atom. The molecule has 1 saturated heterocycles. The van der Waals surface area contributed by atoms with Crippen molar-refractivity contribution in [2.45, 2.75) is 24.5 Å². The van der Waals surface area contributed by atoms with Gasteiger partial charge in [-0.05, 0) is 17.7 Å². The van der Waals surface area contributed by atoms with Gasteiger partial charge in [-0.1, -0.05) is 12.1 Å². The highest BCUT2D eigenvalue weighted by Gasteiger charge is 2.33. The number of benzene rings is 1. The molecule has 0 radical (unpaired) electrons. The molecule has 1 aromatic rings. The van der Waals surface area contributed by atoms with E-state index in [4.69, 9.17) is 0 Å². The fourth-order valence-corrected chi connectivity index (χ4v) is 2.17. The van der Waals surface area contributed by atoms with Crippen LogP contribution in [0.4, 0.5) is 4.39 Å². The highest BCUT2D eigenvalue weighted by molar-refractivity contribution is 5.18. The topological polar surface area (TPSA) is 52.5 Å². The summed E-state index contributed by atoms with van der Waals surface area (Å²) in [5.74, 6) is -0.280. The van der Waals surface area contributed by atoms with E-state index in [1.807, 2.05) is 0 Å². The minimum atomic E-state index is -0.935. The van der Waals surface area contributed by atoms with E-state index in [9.17, 15) is 14.6 Å². The van der Waals surface area contributed by atoms with E-state index in [1.165, 1.54) is 12.1 Å². The van der Waals surface area contributed by atoms with Gasteiger partial charge in [0.25, 0.3) is 0 Å². The third-order valence-corrected chi connectivity index (χ3v) is 2.90. The summed E-state index contributed by atoms with van der Waals surface area (Å²) < 4.78 is 12.7. The van der Waals surface area contributed by atoms with Crippen LogP contribution in [0.15, 0.2) is 24.3 Å². The summed E-state index contributed by atoms with van der Waals surface area (Å²) in [5.41, 5.74) is -0.0602. The Kier molecular flexibility index (Phi) is 3.23. The van der Waals surface area contributed by atoms with Crippen molar-refractivity contribution in [2.75, 3.05) is 13.1 Å². The molecular weight excluding hydrogens is 209 g/mol. The number of rotatable bonds is 2. The van der Waals surface area contributed by atoms with Crippen LogP contribution in [0, 0.1) is 5.82 Å². The standard InChI is InChI=1S/C12H16FNO2/c13-10-3-1-9(2-4-10)5-12(16)6-11(15)7-14-8-12/h1-4,11,14-16H,5-8H2. The quantitative estimate of drug-likeness (QED) is 0.685. The van der Waals surface area contributed by atoms with E-state index < -0.39 is 11.7 Å². The predicted octanol–water partition coefficient (Wildman–Crippen LogP) is 0.453. The maximum Gasteiger partial charge on any atom is 0.123 e. The summed E-state index contributed by atoms with van der Waals surface area (Å²) in [5, 5.41) is 22.7. The summed E-state index contributed by atoms with van der Waals surface area (Å²) in [6.07, 6.45) is 0.272. The van der Waals surface area contributed by atoms with Crippen LogP contribution < -0.4 is 5.32 Å². The van der Waals surface area contributed by atoms with Crippen molar-refractivity contribution in [1.82, 2.24) is 5.32 Å². The van der Waals surface area contributed by atoms with Crippen molar-refractivity contribution in [3.05, 3.63) is 35.6 Å². The molecule has 2 atom stereocenters. The fraction of sp³-hybridized carbons (Fsp3) is 0.500. The zero-order chi connectivity index (χ0) is 11.6. The van der Waals surface area contributed by atoms with Gasteiger partial charge in [0.1, 0.15) is 5.82 Å². The van der Waals surface area contributed by atoms with Gasteiger partial charge in [-0.2, -0.15) is 0 Å². The largest absolute Gasteiger partial charge is 0.392 e. The van der Waals surface area contributed by atoms with Gasteiger partial charge in [-0.3, -0.25) is 0 Å². The molecule has 0 saturated carbocycles. The van der Waals surface area contributed by atoms with Crippen LogP contribution in [-0.2, 0) is 6.42 Å². The Balaban J connectivity index is 2.05. The Morgan fingerprint density at radius 1 is 1.38 bits per heavy atom. The molecule has 1 heterocycles. The molecule has 16 heavy (non-hydrogen) atoms. The molecule has 88 valence electrons. The molecule has 1 fully saturated rings. The van der Waals surface area contributed by atoms with Crippen LogP contribution in [0.25, 0.3) is 0 Å². The fourth-order valence-electron chi connectivity index (χ4n) is 2.17. The second kappa shape index (κ2) is 4.49.